The van der Waals surface area contributed by atoms with Gasteiger partial charge in [-0.1, -0.05) is 13.3 Å². The van der Waals surface area contributed by atoms with Crippen LogP contribution in [0.5, 0.6) is 0 Å². The predicted molar refractivity (Wildman–Crippen MR) is 100.0 cm³/mol. The number of esters is 1. The van der Waals surface area contributed by atoms with Crippen molar-refractivity contribution < 1.29 is 14.6 Å². The molecule has 140 valence electrons. The minimum absolute atomic E-state index is 0.0763. The molecule has 0 aromatic rings. The lowest BCUT2D eigenvalue weighted by molar-refractivity contribution is -0.293. The standard InChI is InChI=1S/C21H33O3P/c1-4-5-19(2,25-3)18(22)24-21-9-15-12-6-20(23)7-13(15)17(11-21)14(8-20)16(12)10-21/h12-17,23,25H,4-11H2,1-3H3. The lowest BCUT2D eigenvalue weighted by atomic mass is 9.34. The van der Waals surface area contributed by atoms with Crippen molar-refractivity contribution >= 4 is 14.6 Å². The first kappa shape index (κ1) is 17.0. The quantitative estimate of drug-likeness (QED) is 0.593. The molecule has 0 aromatic heterocycles. The monoisotopic (exact) mass is 364 g/mol. The predicted octanol–water partition coefficient (Wildman–Crippen LogP) is 3.97. The Balaban J connectivity index is 1.40. The van der Waals surface area contributed by atoms with Crippen LogP contribution >= 0.6 is 8.58 Å². The van der Waals surface area contributed by atoms with Gasteiger partial charge in [-0.3, -0.25) is 4.79 Å². The van der Waals surface area contributed by atoms with Gasteiger partial charge in [0.25, 0.3) is 0 Å². The molecule has 7 saturated carbocycles. The van der Waals surface area contributed by atoms with E-state index in [0.717, 1.165) is 51.4 Å². The van der Waals surface area contributed by atoms with Crippen molar-refractivity contribution in [2.24, 2.45) is 35.5 Å². The van der Waals surface area contributed by atoms with Gasteiger partial charge in [0.15, 0.2) is 0 Å². The molecule has 8 bridgehead atoms. The number of aliphatic hydroxyl groups is 1. The van der Waals surface area contributed by atoms with Crippen LogP contribution in [0.2, 0.25) is 0 Å². The first-order valence-corrected chi connectivity index (χ1v) is 12.0. The summed E-state index contributed by atoms with van der Waals surface area (Å²) in [7, 11) is 0.607. The molecule has 4 heteroatoms. The van der Waals surface area contributed by atoms with Crippen molar-refractivity contribution in [3.05, 3.63) is 0 Å². The van der Waals surface area contributed by atoms with Gasteiger partial charge >= 0.3 is 5.97 Å². The van der Waals surface area contributed by atoms with Gasteiger partial charge in [-0.05, 0) is 94.0 Å². The highest BCUT2D eigenvalue weighted by Gasteiger charge is 2.71. The Morgan fingerprint density at radius 1 is 1.04 bits per heavy atom. The summed E-state index contributed by atoms with van der Waals surface area (Å²) in [6.07, 6.45) is 8.30. The summed E-state index contributed by atoms with van der Waals surface area (Å²) < 4.78 is 6.42. The SMILES string of the molecule is CCCC(C)(PC)C(=O)OC12CC3C4CC5(O)CC3C(C1)C(C5)C4C2. The van der Waals surface area contributed by atoms with Gasteiger partial charge in [0, 0.05) is 0 Å². The van der Waals surface area contributed by atoms with Crippen molar-refractivity contribution in [2.75, 3.05) is 6.66 Å². The number of hydrogen-bond donors (Lipinski definition) is 1. The molecule has 0 saturated heterocycles. The molecule has 0 spiro atoms. The Hall–Kier alpha value is -0.140. The molecule has 2 atom stereocenters. The van der Waals surface area contributed by atoms with Gasteiger partial charge in [-0.15, -0.1) is 8.58 Å². The maximum absolute atomic E-state index is 13.1. The second-order valence-corrected chi connectivity index (χ2v) is 11.9. The Morgan fingerprint density at radius 2 is 1.48 bits per heavy atom. The molecule has 0 heterocycles. The maximum Gasteiger partial charge on any atom is 0.316 e. The van der Waals surface area contributed by atoms with E-state index >= 15 is 0 Å². The van der Waals surface area contributed by atoms with Crippen molar-refractivity contribution in [3.63, 3.8) is 0 Å². The molecule has 1 N–H and O–H groups in total. The van der Waals surface area contributed by atoms with Crippen LogP contribution in [0.25, 0.3) is 0 Å². The highest BCUT2D eigenvalue weighted by molar-refractivity contribution is 7.40. The normalized spacial score (nSPS) is 54.4. The summed E-state index contributed by atoms with van der Waals surface area (Å²) in [5.74, 6) is 4.34. The van der Waals surface area contributed by atoms with Crippen LogP contribution in [-0.4, -0.2) is 34.1 Å². The highest BCUT2D eigenvalue weighted by atomic mass is 31.1. The third-order valence-electron chi connectivity index (χ3n) is 9.03. The van der Waals surface area contributed by atoms with Gasteiger partial charge in [-0.2, -0.15) is 0 Å². The topological polar surface area (TPSA) is 46.5 Å². The third kappa shape index (κ3) is 2.21. The van der Waals surface area contributed by atoms with Gasteiger partial charge in [0.2, 0.25) is 0 Å². The Morgan fingerprint density at radius 3 is 1.88 bits per heavy atom. The van der Waals surface area contributed by atoms with E-state index in [0.29, 0.717) is 44.1 Å². The van der Waals surface area contributed by atoms with Crippen molar-refractivity contribution in [2.45, 2.75) is 81.6 Å². The fraction of sp³-hybridized carbons (Fsp3) is 0.952. The van der Waals surface area contributed by atoms with Crippen LogP contribution in [0, 0.1) is 35.5 Å². The summed E-state index contributed by atoms with van der Waals surface area (Å²) in [6, 6.07) is 0. The van der Waals surface area contributed by atoms with Gasteiger partial charge in [0.1, 0.15) is 5.60 Å². The minimum Gasteiger partial charge on any atom is -0.458 e. The molecule has 3 nitrogen and oxygen atoms in total. The zero-order valence-electron chi connectivity index (χ0n) is 15.9. The van der Waals surface area contributed by atoms with Crippen molar-refractivity contribution in [3.8, 4) is 0 Å². The second kappa shape index (κ2) is 5.22. The van der Waals surface area contributed by atoms with Crippen molar-refractivity contribution in [1.82, 2.24) is 0 Å². The molecular weight excluding hydrogens is 331 g/mol. The molecule has 7 rings (SSSR count). The summed E-state index contributed by atoms with van der Waals surface area (Å²) in [5, 5.41) is 10.6. The molecule has 0 aliphatic heterocycles. The Kier molecular flexibility index (Phi) is 3.55. The van der Waals surface area contributed by atoms with Crippen LogP contribution in [0.1, 0.15) is 65.2 Å². The highest BCUT2D eigenvalue weighted by Crippen LogP contribution is 2.73. The van der Waals surface area contributed by atoms with Gasteiger partial charge < -0.3 is 9.84 Å². The molecule has 0 amide bonds. The Bertz CT molecular complexity index is 539. The lowest BCUT2D eigenvalue weighted by Gasteiger charge is -2.73. The largest absolute Gasteiger partial charge is 0.458 e. The van der Waals surface area contributed by atoms with E-state index in [1.807, 2.05) is 0 Å². The van der Waals surface area contributed by atoms with E-state index in [-0.39, 0.29) is 22.3 Å². The zero-order valence-corrected chi connectivity index (χ0v) is 16.9. The Labute approximate surface area is 153 Å². The summed E-state index contributed by atoms with van der Waals surface area (Å²) in [4.78, 5) is 13.1. The third-order valence-corrected chi connectivity index (χ3v) is 10.6. The first-order chi connectivity index (χ1) is 11.8. The summed E-state index contributed by atoms with van der Waals surface area (Å²) in [5.41, 5.74) is -0.511. The smallest absolute Gasteiger partial charge is 0.316 e. The average Bonchev–Trinajstić information content (AvgIpc) is 2.57. The molecule has 0 aromatic carbocycles. The molecule has 7 fully saturated rings. The average molecular weight is 364 g/mol. The molecule has 7 aliphatic rings. The van der Waals surface area contributed by atoms with Crippen LogP contribution in [0.15, 0.2) is 0 Å². The van der Waals surface area contributed by atoms with E-state index in [1.54, 1.807) is 0 Å². The van der Waals surface area contributed by atoms with E-state index in [9.17, 15) is 9.90 Å². The van der Waals surface area contributed by atoms with Crippen LogP contribution in [-0.2, 0) is 9.53 Å². The first-order valence-electron chi connectivity index (χ1n) is 10.5. The fourth-order valence-corrected chi connectivity index (χ4v) is 8.85. The van der Waals surface area contributed by atoms with E-state index in [2.05, 4.69) is 20.5 Å². The van der Waals surface area contributed by atoms with E-state index in [1.165, 1.54) is 0 Å². The van der Waals surface area contributed by atoms with E-state index < -0.39 is 0 Å². The van der Waals surface area contributed by atoms with Crippen LogP contribution < -0.4 is 0 Å². The number of ether oxygens (including phenoxy) is 1. The van der Waals surface area contributed by atoms with E-state index in [4.69, 9.17) is 4.74 Å². The molecule has 2 unspecified atom stereocenters. The summed E-state index contributed by atoms with van der Waals surface area (Å²) >= 11 is 0. The van der Waals surface area contributed by atoms with Gasteiger partial charge in [-0.25, -0.2) is 0 Å². The zero-order chi connectivity index (χ0) is 17.6. The molecule has 25 heavy (non-hydrogen) atoms. The number of hydrogen-bond acceptors (Lipinski definition) is 3. The number of carbonyl (C=O) groups excluding carboxylic acids is 1. The maximum atomic E-state index is 13.1. The minimum atomic E-state index is -0.347. The second-order valence-electron chi connectivity index (χ2n) is 10.3. The molecule has 7 aliphatic carbocycles. The van der Waals surface area contributed by atoms with Crippen LogP contribution in [0.4, 0.5) is 0 Å². The number of rotatable bonds is 5. The van der Waals surface area contributed by atoms with Crippen molar-refractivity contribution in [1.29, 1.82) is 0 Å². The summed E-state index contributed by atoms with van der Waals surface area (Å²) in [6.45, 7) is 6.42. The fourth-order valence-electron chi connectivity index (χ4n) is 8.09. The van der Waals surface area contributed by atoms with Gasteiger partial charge in [0.05, 0.1) is 10.8 Å². The number of carbonyl (C=O) groups is 1. The van der Waals surface area contributed by atoms with Crippen LogP contribution in [0.3, 0.4) is 0 Å². The lowest BCUT2D eigenvalue weighted by Crippen LogP contribution is -2.71. The molecule has 0 radical (unpaired) electrons. The molecular formula is C21H33O3P.